The largest absolute Gasteiger partial charge is 0.358 e. The number of aryl methyl sites for hydroxylation is 1. The Balaban J connectivity index is 2.71. The summed E-state index contributed by atoms with van der Waals surface area (Å²) in [4.78, 5) is 25.8. The number of ketones is 2. The Morgan fingerprint density at radius 2 is 1.92 bits per heavy atom. The number of hydrogen-bond acceptors (Lipinski definition) is 2. The maximum absolute atomic E-state index is 11.5. The summed E-state index contributed by atoms with van der Waals surface area (Å²) in [5.74, 6) is -0.159. The molecule has 66 valence electrons. The van der Waals surface area contributed by atoms with Gasteiger partial charge in [-0.3, -0.25) is 9.59 Å². The van der Waals surface area contributed by atoms with Crippen LogP contribution >= 0.6 is 0 Å². The van der Waals surface area contributed by atoms with Gasteiger partial charge in [-0.1, -0.05) is 0 Å². The molecule has 0 fully saturated rings. The quantitative estimate of drug-likeness (QED) is 0.651. The third kappa shape index (κ3) is 0.967. The molecule has 1 aliphatic rings. The van der Waals surface area contributed by atoms with Crippen LogP contribution in [0.1, 0.15) is 33.3 Å². The first-order valence-electron chi connectivity index (χ1n) is 4.06. The smallest absolute Gasteiger partial charge is 0.205 e. The standard InChI is InChI=1S/C10H9NO2/c1-5-3-7(12)8-6(2)4-11-9(8)10(5)13/h3-4,11H,1-2H3. The zero-order chi connectivity index (χ0) is 9.59. The van der Waals surface area contributed by atoms with Crippen molar-refractivity contribution in [2.75, 3.05) is 0 Å². The average Bonchev–Trinajstić information content (AvgIpc) is 2.44. The number of nitrogens with one attached hydrogen (secondary N) is 1. The molecule has 2 rings (SSSR count). The lowest BCUT2D eigenvalue weighted by atomic mass is 9.94. The van der Waals surface area contributed by atoms with E-state index in [1.54, 1.807) is 13.1 Å². The first-order valence-corrected chi connectivity index (χ1v) is 4.06. The molecule has 0 saturated heterocycles. The van der Waals surface area contributed by atoms with Crippen molar-refractivity contribution in [3.8, 4) is 0 Å². The van der Waals surface area contributed by atoms with Crippen LogP contribution in [0.15, 0.2) is 17.8 Å². The second-order valence-corrected chi connectivity index (χ2v) is 3.24. The summed E-state index contributed by atoms with van der Waals surface area (Å²) < 4.78 is 0. The number of aromatic nitrogens is 1. The van der Waals surface area contributed by atoms with E-state index in [0.717, 1.165) is 5.56 Å². The molecule has 0 spiro atoms. The van der Waals surface area contributed by atoms with Crippen LogP contribution < -0.4 is 0 Å². The van der Waals surface area contributed by atoms with Gasteiger partial charge in [0.1, 0.15) is 0 Å². The molecule has 1 aliphatic carbocycles. The predicted molar refractivity (Wildman–Crippen MR) is 47.9 cm³/mol. The lowest BCUT2D eigenvalue weighted by Gasteiger charge is -2.07. The fourth-order valence-electron chi connectivity index (χ4n) is 1.55. The van der Waals surface area contributed by atoms with Gasteiger partial charge in [0.05, 0.1) is 11.3 Å². The van der Waals surface area contributed by atoms with Gasteiger partial charge in [0.25, 0.3) is 0 Å². The Morgan fingerprint density at radius 1 is 1.23 bits per heavy atom. The first kappa shape index (κ1) is 7.98. The fourth-order valence-corrected chi connectivity index (χ4v) is 1.55. The second-order valence-electron chi connectivity index (χ2n) is 3.24. The molecule has 0 radical (unpaired) electrons. The molecule has 0 bridgehead atoms. The highest BCUT2D eigenvalue weighted by Crippen LogP contribution is 2.22. The third-order valence-corrected chi connectivity index (χ3v) is 2.26. The molecule has 0 saturated carbocycles. The summed E-state index contributed by atoms with van der Waals surface area (Å²) >= 11 is 0. The van der Waals surface area contributed by atoms with Crippen molar-refractivity contribution in [2.24, 2.45) is 0 Å². The summed E-state index contributed by atoms with van der Waals surface area (Å²) in [6.07, 6.45) is 3.08. The molecule has 0 atom stereocenters. The van der Waals surface area contributed by atoms with Gasteiger partial charge < -0.3 is 4.98 Å². The number of allylic oxidation sites excluding steroid dienone is 2. The minimum atomic E-state index is -0.0808. The zero-order valence-electron chi connectivity index (χ0n) is 7.47. The normalized spacial score (nSPS) is 15.7. The van der Waals surface area contributed by atoms with E-state index >= 15 is 0 Å². The third-order valence-electron chi connectivity index (χ3n) is 2.26. The van der Waals surface area contributed by atoms with Crippen molar-refractivity contribution in [3.05, 3.63) is 34.7 Å². The summed E-state index contributed by atoms with van der Waals surface area (Å²) in [6.45, 7) is 3.47. The summed E-state index contributed by atoms with van der Waals surface area (Å²) in [6, 6.07) is 0. The van der Waals surface area contributed by atoms with Gasteiger partial charge in [0, 0.05) is 11.8 Å². The van der Waals surface area contributed by atoms with Gasteiger partial charge >= 0.3 is 0 Å². The van der Waals surface area contributed by atoms with Crippen LogP contribution in [0.3, 0.4) is 0 Å². The number of carbonyl (C=O) groups is 2. The first-order chi connectivity index (χ1) is 6.11. The molecular weight excluding hydrogens is 166 g/mol. The van der Waals surface area contributed by atoms with Crippen molar-refractivity contribution in [1.29, 1.82) is 0 Å². The van der Waals surface area contributed by atoms with Crippen molar-refractivity contribution < 1.29 is 9.59 Å². The van der Waals surface area contributed by atoms with E-state index in [-0.39, 0.29) is 11.6 Å². The van der Waals surface area contributed by atoms with Crippen LogP contribution in [0.2, 0.25) is 0 Å². The van der Waals surface area contributed by atoms with Gasteiger partial charge in [-0.25, -0.2) is 0 Å². The average molecular weight is 175 g/mol. The highest BCUT2D eigenvalue weighted by Gasteiger charge is 2.25. The van der Waals surface area contributed by atoms with E-state index in [1.807, 2.05) is 6.92 Å². The molecule has 0 amide bonds. The van der Waals surface area contributed by atoms with Gasteiger partial charge in [0.2, 0.25) is 5.78 Å². The lowest BCUT2D eigenvalue weighted by molar-refractivity contribution is 0.0981. The number of aromatic amines is 1. The van der Waals surface area contributed by atoms with E-state index in [0.29, 0.717) is 16.8 Å². The van der Waals surface area contributed by atoms with Crippen LogP contribution in [-0.4, -0.2) is 16.6 Å². The maximum Gasteiger partial charge on any atom is 0.205 e. The van der Waals surface area contributed by atoms with Crippen molar-refractivity contribution in [2.45, 2.75) is 13.8 Å². The van der Waals surface area contributed by atoms with Crippen molar-refractivity contribution in [1.82, 2.24) is 4.98 Å². The minimum Gasteiger partial charge on any atom is -0.358 e. The van der Waals surface area contributed by atoms with Gasteiger partial charge in [-0.05, 0) is 25.5 Å². The highest BCUT2D eigenvalue weighted by molar-refractivity contribution is 6.24. The Hall–Kier alpha value is -1.64. The Bertz CT molecular complexity index is 438. The molecule has 1 heterocycles. The van der Waals surface area contributed by atoms with Crippen molar-refractivity contribution >= 4 is 11.6 Å². The SMILES string of the molecule is CC1=CC(=O)c2c(C)c[nH]c2C1=O. The number of rotatable bonds is 0. The minimum absolute atomic E-state index is 0.0779. The number of carbonyl (C=O) groups excluding carboxylic acids is 2. The zero-order valence-corrected chi connectivity index (χ0v) is 7.47. The van der Waals surface area contributed by atoms with E-state index in [2.05, 4.69) is 4.98 Å². The van der Waals surface area contributed by atoms with E-state index < -0.39 is 0 Å². The molecule has 3 heteroatoms. The Morgan fingerprint density at radius 3 is 2.62 bits per heavy atom. The summed E-state index contributed by atoms with van der Waals surface area (Å²) in [7, 11) is 0. The highest BCUT2D eigenvalue weighted by atomic mass is 16.1. The molecular formula is C10H9NO2. The predicted octanol–water partition coefficient (Wildman–Crippen LogP) is 1.65. The van der Waals surface area contributed by atoms with Crippen LogP contribution in [0.4, 0.5) is 0 Å². The topological polar surface area (TPSA) is 49.9 Å². The molecule has 1 N–H and O–H groups in total. The van der Waals surface area contributed by atoms with Gasteiger partial charge in [-0.2, -0.15) is 0 Å². The van der Waals surface area contributed by atoms with E-state index in [4.69, 9.17) is 0 Å². The maximum atomic E-state index is 11.5. The van der Waals surface area contributed by atoms with Crippen LogP contribution in [0.5, 0.6) is 0 Å². The number of fused-ring (bicyclic) bond motifs is 1. The molecule has 1 aromatic rings. The van der Waals surface area contributed by atoms with Crippen molar-refractivity contribution in [3.63, 3.8) is 0 Å². The Labute approximate surface area is 75.5 Å². The molecule has 0 unspecified atom stereocenters. The van der Waals surface area contributed by atoms with Gasteiger partial charge in [-0.15, -0.1) is 0 Å². The number of H-pyrrole nitrogens is 1. The van der Waals surface area contributed by atoms with Crippen LogP contribution in [-0.2, 0) is 0 Å². The van der Waals surface area contributed by atoms with Crippen LogP contribution in [0.25, 0.3) is 0 Å². The summed E-state index contributed by atoms with van der Waals surface area (Å²) in [5, 5.41) is 0. The fraction of sp³-hybridized carbons (Fsp3) is 0.200. The van der Waals surface area contributed by atoms with E-state index in [1.165, 1.54) is 6.08 Å². The molecule has 3 nitrogen and oxygen atoms in total. The molecule has 0 aliphatic heterocycles. The summed E-state index contributed by atoms with van der Waals surface area (Å²) in [5.41, 5.74) is 2.29. The lowest BCUT2D eigenvalue weighted by Crippen LogP contribution is -2.15. The number of Topliss-reactive ketones (excluding diaryl/α,β-unsaturated/α-hetero) is 1. The van der Waals surface area contributed by atoms with E-state index in [9.17, 15) is 9.59 Å². The Kier molecular flexibility index (Phi) is 1.49. The molecule has 13 heavy (non-hydrogen) atoms. The van der Waals surface area contributed by atoms with Crippen LogP contribution in [0, 0.1) is 6.92 Å². The monoisotopic (exact) mass is 175 g/mol. The van der Waals surface area contributed by atoms with Gasteiger partial charge in [0.15, 0.2) is 5.78 Å². The molecule has 0 aromatic carbocycles. The second kappa shape index (κ2) is 2.42. The number of hydrogen-bond donors (Lipinski definition) is 1. The molecule has 1 aromatic heterocycles.